The lowest BCUT2D eigenvalue weighted by atomic mass is 10.1. The smallest absolute Gasteiger partial charge is 0.493 e. The van der Waals surface area contributed by atoms with E-state index in [0.29, 0.717) is 36.7 Å². The Hall–Kier alpha value is -4.14. The third kappa shape index (κ3) is 10.7. The number of rotatable bonds is 11. The van der Waals surface area contributed by atoms with E-state index in [1.807, 2.05) is 53.1 Å². The highest BCUT2D eigenvalue weighted by atomic mass is 32.3. The topological polar surface area (TPSA) is 148 Å². The number of aliphatic carboxylic acids is 1. The highest BCUT2D eigenvalue weighted by Gasteiger charge is 2.31. The van der Waals surface area contributed by atoms with E-state index in [0.717, 1.165) is 29.4 Å². The lowest BCUT2D eigenvalue weighted by Gasteiger charge is -2.15. The van der Waals surface area contributed by atoms with Crippen LogP contribution in [0.15, 0.2) is 72.8 Å². The van der Waals surface area contributed by atoms with Gasteiger partial charge in [0, 0.05) is 17.5 Å². The van der Waals surface area contributed by atoms with Crippen LogP contribution in [0.1, 0.15) is 31.2 Å². The number of carboxylic acids is 1. The first-order valence-corrected chi connectivity index (χ1v) is 13.6. The first-order chi connectivity index (χ1) is 19.3. The SMILES string of the molecule is O=C(O)CCCCCOc1ccccc1Cn1c(-c2ccc(OC(F)(F)F)cc2)nc2ccccc21.O=S(=O)(O)O. The molecular weight excluding hydrogens is 569 g/mol. The number of alkyl halides is 3. The number of nitrogens with zero attached hydrogens (tertiary/aromatic N) is 2. The van der Waals surface area contributed by atoms with Gasteiger partial charge in [0.15, 0.2) is 0 Å². The number of ether oxygens (including phenoxy) is 2. The number of para-hydroxylation sites is 3. The van der Waals surface area contributed by atoms with Crippen LogP contribution in [-0.4, -0.2) is 51.1 Å². The van der Waals surface area contributed by atoms with Crippen LogP contribution < -0.4 is 9.47 Å². The van der Waals surface area contributed by atoms with Gasteiger partial charge >= 0.3 is 22.7 Å². The van der Waals surface area contributed by atoms with Crippen molar-refractivity contribution in [1.82, 2.24) is 9.55 Å². The van der Waals surface area contributed by atoms with Gasteiger partial charge in [0.25, 0.3) is 0 Å². The molecule has 3 N–H and O–H groups in total. The zero-order valence-corrected chi connectivity index (χ0v) is 22.3. The summed E-state index contributed by atoms with van der Waals surface area (Å²) in [6.07, 6.45) is -2.49. The molecule has 0 unspecified atom stereocenters. The number of fused-ring (bicyclic) bond motifs is 1. The number of hydrogen-bond donors (Lipinski definition) is 3. The number of halogens is 3. The first-order valence-electron chi connectivity index (χ1n) is 12.2. The molecule has 0 saturated heterocycles. The van der Waals surface area contributed by atoms with Gasteiger partial charge in [-0.05, 0) is 61.7 Å². The molecule has 0 saturated carbocycles. The van der Waals surface area contributed by atoms with E-state index in [2.05, 4.69) is 4.74 Å². The molecule has 14 heteroatoms. The summed E-state index contributed by atoms with van der Waals surface area (Å²) in [7, 11) is -4.67. The second-order valence-corrected chi connectivity index (χ2v) is 9.59. The third-order valence-electron chi connectivity index (χ3n) is 5.59. The molecule has 0 aliphatic heterocycles. The first kappa shape index (κ1) is 31.4. The molecule has 0 bridgehead atoms. The van der Waals surface area contributed by atoms with Crippen molar-refractivity contribution in [2.45, 2.75) is 38.6 Å². The van der Waals surface area contributed by atoms with Crippen LogP contribution in [0.3, 0.4) is 0 Å². The maximum absolute atomic E-state index is 12.6. The fourth-order valence-corrected chi connectivity index (χ4v) is 3.94. The molecule has 1 heterocycles. The standard InChI is InChI=1S/C27H25F3N2O4.H2O4S/c28-27(29,30)36-21-15-13-19(14-16-21)26-31-22-9-4-5-10-23(22)32(26)18-20-8-3-6-11-24(20)35-17-7-1-2-12-25(33)34;1-5(2,3)4/h3-6,8-11,13-16H,1-2,7,12,17-18H2,(H,33,34);(H2,1,2,3,4). The average molecular weight is 597 g/mol. The van der Waals surface area contributed by atoms with Crippen LogP contribution >= 0.6 is 0 Å². The molecule has 0 amide bonds. The van der Waals surface area contributed by atoms with Crippen LogP contribution in [-0.2, 0) is 21.7 Å². The van der Waals surface area contributed by atoms with E-state index >= 15 is 0 Å². The molecule has 3 aromatic carbocycles. The number of aromatic nitrogens is 2. The number of hydrogen-bond acceptors (Lipinski definition) is 6. The van der Waals surface area contributed by atoms with Gasteiger partial charge in [-0.1, -0.05) is 30.3 Å². The molecule has 41 heavy (non-hydrogen) atoms. The van der Waals surface area contributed by atoms with E-state index in [1.165, 1.54) is 12.1 Å². The van der Waals surface area contributed by atoms with Gasteiger partial charge in [0.1, 0.15) is 17.3 Å². The van der Waals surface area contributed by atoms with Gasteiger partial charge in [-0.2, -0.15) is 8.42 Å². The molecule has 1 aromatic heterocycles. The lowest BCUT2D eigenvalue weighted by Crippen LogP contribution is -2.17. The normalized spacial score (nSPS) is 11.5. The molecule has 4 aromatic rings. The molecule has 0 aliphatic carbocycles. The van der Waals surface area contributed by atoms with E-state index in [-0.39, 0.29) is 12.2 Å². The summed E-state index contributed by atoms with van der Waals surface area (Å²) in [6, 6.07) is 20.9. The van der Waals surface area contributed by atoms with E-state index in [1.54, 1.807) is 12.1 Å². The Bertz CT molecular complexity index is 1550. The second-order valence-electron chi connectivity index (χ2n) is 8.69. The van der Waals surface area contributed by atoms with Crippen molar-refractivity contribution < 1.29 is 50.1 Å². The van der Waals surface area contributed by atoms with E-state index < -0.39 is 22.7 Å². The maximum Gasteiger partial charge on any atom is 0.573 e. The van der Waals surface area contributed by atoms with Gasteiger partial charge in [-0.15, -0.1) is 13.2 Å². The summed E-state index contributed by atoms with van der Waals surface area (Å²) >= 11 is 0. The van der Waals surface area contributed by atoms with Crippen molar-refractivity contribution >= 4 is 27.4 Å². The van der Waals surface area contributed by atoms with Crippen molar-refractivity contribution in [3.63, 3.8) is 0 Å². The largest absolute Gasteiger partial charge is 0.573 e. The second kappa shape index (κ2) is 14.0. The summed E-state index contributed by atoms with van der Waals surface area (Å²) in [6.45, 7) is 0.903. The minimum Gasteiger partial charge on any atom is -0.493 e. The molecule has 0 fully saturated rings. The predicted octanol–water partition coefficient (Wildman–Crippen LogP) is 6.02. The van der Waals surface area contributed by atoms with Gasteiger partial charge in [-0.25, -0.2) is 4.98 Å². The van der Waals surface area contributed by atoms with Gasteiger partial charge in [0.05, 0.1) is 24.2 Å². The van der Waals surface area contributed by atoms with Crippen LogP contribution in [0.25, 0.3) is 22.4 Å². The van der Waals surface area contributed by atoms with E-state index in [4.69, 9.17) is 32.4 Å². The minimum absolute atomic E-state index is 0.149. The molecule has 0 aliphatic rings. The van der Waals surface area contributed by atoms with Gasteiger partial charge in [-0.3, -0.25) is 13.9 Å². The Morgan fingerprint density at radius 1 is 0.902 bits per heavy atom. The highest BCUT2D eigenvalue weighted by molar-refractivity contribution is 7.79. The summed E-state index contributed by atoms with van der Waals surface area (Å²) in [5.41, 5.74) is 3.22. The Morgan fingerprint density at radius 3 is 2.20 bits per heavy atom. The summed E-state index contributed by atoms with van der Waals surface area (Å²) in [5, 5.41) is 8.76. The van der Waals surface area contributed by atoms with Crippen molar-refractivity contribution in [1.29, 1.82) is 0 Å². The summed E-state index contributed by atoms with van der Waals surface area (Å²) in [4.78, 5) is 15.4. The summed E-state index contributed by atoms with van der Waals surface area (Å²) < 4.78 is 81.3. The van der Waals surface area contributed by atoms with Crippen LogP contribution in [0, 0.1) is 0 Å². The van der Waals surface area contributed by atoms with Crippen LogP contribution in [0.4, 0.5) is 13.2 Å². The number of unbranched alkanes of at least 4 members (excludes halogenated alkanes) is 2. The molecular formula is C27H27F3N2O8S. The Kier molecular flexibility index (Phi) is 10.7. The number of carbonyl (C=O) groups is 1. The summed E-state index contributed by atoms with van der Waals surface area (Å²) in [5.74, 6) is 0.231. The molecule has 0 radical (unpaired) electrons. The molecule has 10 nitrogen and oxygen atoms in total. The van der Waals surface area contributed by atoms with Crippen LogP contribution in [0.5, 0.6) is 11.5 Å². The van der Waals surface area contributed by atoms with Crippen molar-refractivity contribution in [2.24, 2.45) is 0 Å². The number of benzene rings is 3. The molecule has 220 valence electrons. The zero-order valence-electron chi connectivity index (χ0n) is 21.5. The quantitative estimate of drug-likeness (QED) is 0.140. The average Bonchev–Trinajstić information content (AvgIpc) is 3.24. The van der Waals surface area contributed by atoms with E-state index in [9.17, 15) is 18.0 Å². The Balaban J connectivity index is 0.000000850. The van der Waals surface area contributed by atoms with Crippen molar-refractivity contribution in [3.8, 4) is 22.9 Å². The fraction of sp³-hybridized carbons (Fsp3) is 0.259. The highest BCUT2D eigenvalue weighted by Crippen LogP contribution is 2.30. The van der Waals surface area contributed by atoms with Crippen molar-refractivity contribution in [3.05, 3.63) is 78.4 Å². The lowest BCUT2D eigenvalue weighted by molar-refractivity contribution is -0.274. The Labute approximate surface area is 233 Å². The predicted molar refractivity (Wildman–Crippen MR) is 143 cm³/mol. The molecule has 4 rings (SSSR count). The Morgan fingerprint density at radius 2 is 1.54 bits per heavy atom. The van der Waals surface area contributed by atoms with Crippen LogP contribution in [0.2, 0.25) is 0 Å². The molecule has 0 atom stereocenters. The number of carboxylic acid groups (broad SMARTS) is 1. The molecule has 0 spiro atoms. The third-order valence-corrected chi connectivity index (χ3v) is 5.59. The number of imidazole rings is 1. The van der Waals surface area contributed by atoms with Crippen molar-refractivity contribution in [2.75, 3.05) is 6.61 Å². The monoisotopic (exact) mass is 596 g/mol. The fourth-order valence-electron chi connectivity index (χ4n) is 3.94. The van der Waals surface area contributed by atoms with Gasteiger partial charge in [0.2, 0.25) is 0 Å². The zero-order chi connectivity index (χ0) is 30.0. The maximum atomic E-state index is 12.6. The van der Waals surface area contributed by atoms with Gasteiger partial charge < -0.3 is 19.1 Å². The minimum atomic E-state index is -4.76.